The van der Waals surface area contributed by atoms with Crippen molar-refractivity contribution in [1.82, 2.24) is 0 Å². The molecule has 1 atom stereocenters. The number of amides is 1. The van der Waals surface area contributed by atoms with Gasteiger partial charge in [0.25, 0.3) is 0 Å². The predicted molar refractivity (Wildman–Crippen MR) is 144 cm³/mol. The van der Waals surface area contributed by atoms with Crippen LogP contribution in [0.1, 0.15) is 24.8 Å². The van der Waals surface area contributed by atoms with Crippen molar-refractivity contribution in [3.63, 3.8) is 0 Å². The highest BCUT2D eigenvalue weighted by atomic mass is 32.2. The van der Waals surface area contributed by atoms with Crippen molar-refractivity contribution < 1.29 is 28.0 Å². The van der Waals surface area contributed by atoms with Crippen molar-refractivity contribution in [2.24, 2.45) is 5.73 Å². The fourth-order valence-corrected chi connectivity index (χ4v) is 7.05. The lowest BCUT2D eigenvalue weighted by Gasteiger charge is -2.37. The normalized spacial score (nSPS) is 17.6. The minimum atomic E-state index is -2.96. The van der Waals surface area contributed by atoms with Crippen LogP contribution < -0.4 is 19.9 Å². The van der Waals surface area contributed by atoms with Crippen LogP contribution in [0.3, 0.4) is 0 Å². The summed E-state index contributed by atoms with van der Waals surface area (Å²) in [5.41, 5.74) is 9.13. The summed E-state index contributed by atoms with van der Waals surface area (Å²) >= 11 is 0. The molecule has 1 fully saturated rings. The molecule has 7 nitrogen and oxygen atoms in total. The summed E-state index contributed by atoms with van der Waals surface area (Å²) in [6.45, 7) is 1.49. The van der Waals surface area contributed by atoms with Gasteiger partial charge in [0.05, 0.1) is 6.61 Å². The largest absolute Gasteiger partial charge is 0.494 e. The molecular formula is C29H31NO6S. The third-order valence-electron chi connectivity index (χ3n) is 7.10. The van der Waals surface area contributed by atoms with Crippen molar-refractivity contribution in [3.8, 4) is 28.4 Å². The second-order valence-electron chi connectivity index (χ2n) is 9.34. The summed E-state index contributed by atoms with van der Waals surface area (Å²) < 4.78 is 34.7. The maximum absolute atomic E-state index is 13.7. The van der Waals surface area contributed by atoms with Crippen LogP contribution in [0, 0.1) is 0 Å². The first-order chi connectivity index (χ1) is 17.9. The van der Waals surface area contributed by atoms with E-state index in [-0.39, 0.29) is 6.79 Å². The third-order valence-corrected chi connectivity index (χ3v) is 10.0. The van der Waals surface area contributed by atoms with Crippen LogP contribution in [0.25, 0.3) is 11.1 Å². The van der Waals surface area contributed by atoms with Gasteiger partial charge in [-0.1, -0.05) is 30.3 Å². The van der Waals surface area contributed by atoms with Crippen molar-refractivity contribution in [3.05, 3.63) is 72.3 Å². The summed E-state index contributed by atoms with van der Waals surface area (Å²) in [7, 11) is -2.96. The minimum Gasteiger partial charge on any atom is -0.494 e. The Hall–Kier alpha value is -3.49. The van der Waals surface area contributed by atoms with E-state index in [1.807, 2.05) is 18.2 Å². The van der Waals surface area contributed by atoms with E-state index in [0.717, 1.165) is 35.5 Å². The second-order valence-corrected chi connectivity index (χ2v) is 11.9. The summed E-state index contributed by atoms with van der Waals surface area (Å²) in [6, 6.07) is 21.4. The Labute approximate surface area is 217 Å². The van der Waals surface area contributed by atoms with Gasteiger partial charge in [0.1, 0.15) is 10.5 Å². The number of carbonyl (C=O) groups excluding carboxylic acids is 1. The van der Waals surface area contributed by atoms with Gasteiger partial charge in [0.15, 0.2) is 11.5 Å². The second kappa shape index (κ2) is 10.5. The van der Waals surface area contributed by atoms with Gasteiger partial charge in [-0.2, -0.15) is 0 Å². The first kappa shape index (κ1) is 25.2. The lowest BCUT2D eigenvalue weighted by molar-refractivity contribution is -0.122. The molecule has 3 aromatic rings. The first-order valence-electron chi connectivity index (χ1n) is 12.4. The van der Waals surface area contributed by atoms with Crippen LogP contribution in [-0.4, -0.2) is 47.3 Å². The summed E-state index contributed by atoms with van der Waals surface area (Å²) in [5, 5.41) is 0. The average Bonchev–Trinajstić information content (AvgIpc) is 3.40. The monoisotopic (exact) mass is 521 g/mol. The molecule has 0 aliphatic carbocycles. The van der Waals surface area contributed by atoms with Crippen LogP contribution in [0.15, 0.2) is 71.6 Å². The van der Waals surface area contributed by atoms with Crippen LogP contribution in [-0.2, 0) is 25.5 Å². The lowest BCUT2D eigenvalue weighted by Crippen LogP contribution is -2.53. The van der Waals surface area contributed by atoms with E-state index in [2.05, 4.69) is 30.1 Å². The molecule has 5 rings (SSSR count). The molecule has 0 spiro atoms. The van der Waals surface area contributed by atoms with E-state index < -0.39 is 20.2 Å². The van der Waals surface area contributed by atoms with Crippen LogP contribution in [0.5, 0.6) is 17.2 Å². The molecule has 3 aromatic carbocycles. The van der Waals surface area contributed by atoms with Crippen molar-refractivity contribution >= 4 is 21.3 Å². The molecule has 8 heteroatoms. The number of nitrogens with two attached hydrogens (primary N) is 1. The van der Waals surface area contributed by atoms with Gasteiger partial charge in [-0.3, -0.25) is 9.00 Å². The number of fused-ring (bicyclic) bond motifs is 1. The number of primary amides is 1. The Balaban J connectivity index is 1.17. The zero-order valence-electron chi connectivity index (χ0n) is 20.6. The van der Waals surface area contributed by atoms with Crippen LogP contribution >= 0.6 is 0 Å². The molecule has 194 valence electrons. The Morgan fingerprint density at radius 2 is 1.70 bits per heavy atom. The van der Waals surface area contributed by atoms with Crippen molar-refractivity contribution in [2.75, 3.05) is 26.6 Å². The molecule has 2 aliphatic rings. The molecule has 1 unspecified atom stereocenters. The number of ether oxygens (including phenoxy) is 4. The Morgan fingerprint density at radius 1 is 0.973 bits per heavy atom. The highest BCUT2D eigenvalue weighted by molar-refractivity contribution is 8.02. The number of hydrogen-bond acceptors (Lipinski definition) is 6. The summed E-state index contributed by atoms with van der Waals surface area (Å²) in [6.07, 6.45) is 2.31. The molecule has 0 aromatic heterocycles. The molecular weight excluding hydrogens is 490 g/mol. The van der Waals surface area contributed by atoms with Gasteiger partial charge in [-0.05, 0) is 84.6 Å². The maximum Gasteiger partial charge on any atom is 0.236 e. The number of hydrogen-bond donors (Lipinski definition) is 1. The fraction of sp³-hybridized carbons (Fsp3) is 0.310. The lowest BCUT2D eigenvalue weighted by atomic mass is 9.98. The zero-order chi connectivity index (χ0) is 25.9. The number of rotatable bonds is 9. The number of carbonyl (C=O) groups is 1. The molecule has 0 bridgehead atoms. The van der Waals surface area contributed by atoms with Gasteiger partial charge in [0.2, 0.25) is 12.7 Å². The van der Waals surface area contributed by atoms with E-state index in [0.29, 0.717) is 43.3 Å². The van der Waals surface area contributed by atoms with Crippen molar-refractivity contribution in [2.45, 2.75) is 35.3 Å². The first-order valence-corrected chi connectivity index (χ1v) is 14.1. The molecule has 2 aliphatic heterocycles. The van der Waals surface area contributed by atoms with E-state index >= 15 is 0 Å². The highest BCUT2D eigenvalue weighted by Crippen LogP contribution is 2.37. The Bertz CT molecular complexity index is 1380. The average molecular weight is 522 g/mol. The van der Waals surface area contributed by atoms with Gasteiger partial charge in [-0.25, -0.2) is 0 Å². The SMILES string of the molecule is C=S(=O)(c1ccc(OCCCc2cccc(-c3ccc4c(c3)OCO4)c2)cc1)C1(C(N)=O)CCOCC1. The highest BCUT2D eigenvalue weighted by Gasteiger charge is 2.46. The van der Waals surface area contributed by atoms with Gasteiger partial charge >= 0.3 is 0 Å². The minimum absolute atomic E-state index is 0.263. The van der Waals surface area contributed by atoms with E-state index in [1.165, 1.54) is 5.56 Å². The number of benzene rings is 3. The predicted octanol–water partition coefficient (Wildman–Crippen LogP) is 4.20. The van der Waals surface area contributed by atoms with Gasteiger partial charge in [-0.15, -0.1) is 0 Å². The Morgan fingerprint density at radius 3 is 2.46 bits per heavy atom. The summed E-state index contributed by atoms with van der Waals surface area (Å²) in [5.74, 6) is 5.60. The Kier molecular flexibility index (Phi) is 7.13. The van der Waals surface area contributed by atoms with Crippen LogP contribution in [0.4, 0.5) is 0 Å². The smallest absolute Gasteiger partial charge is 0.236 e. The van der Waals surface area contributed by atoms with E-state index in [1.54, 1.807) is 24.3 Å². The van der Waals surface area contributed by atoms with Crippen LogP contribution in [0.2, 0.25) is 0 Å². The van der Waals surface area contributed by atoms with Crippen molar-refractivity contribution in [1.29, 1.82) is 0 Å². The molecule has 37 heavy (non-hydrogen) atoms. The molecule has 0 radical (unpaired) electrons. The van der Waals surface area contributed by atoms with Gasteiger partial charge in [0, 0.05) is 27.6 Å². The zero-order valence-corrected chi connectivity index (χ0v) is 21.5. The molecule has 2 heterocycles. The molecule has 1 amide bonds. The quantitative estimate of drug-likeness (QED) is 0.335. The molecule has 2 N–H and O–H groups in total. The fourth-order valence-electron chi connectivity index (χ4n) is 4.87. The van der Waals surface area contributed by atoms with E-state index in [4.69, 9.17) is 24.7 Å². The van der Waals surface area contributed by atoms with Gasteiger partial charge < -0.3 is 24.7 Å². The maximum atomic E-state index is 13.7. The summed E-state index contributed by atoms with van der Waals surface area (Å²) in [4.78, 5) is 12.8. The molecule has 0 saturated carbocycles. The molecule has 1 saturated heterocycles. The standard InChI is InChI=1S/C29H31NO6S/c1-37(32,29(28(30)31)13-16-33-17-14-29)25-10-8-24(9-11-25)34-15-3-5-21-4-2-6-22(18-21)23-7-12-26-27(19-23)36-20-35-26/h2,4,6-12,18-19H,1,3,5,13-17,20H2,(H2,30,31). The topological polar surface area (TPSA) is 97.1 Å². The number of aryl methyl sites for hydroxylation is 1. The third kappa shape index (κ3) is 5.04. The van der Waals surface area contributed by atoms with E-state index in [9.17, 15) is 9.00 Å².